The number of hydrogen-bond acceptors (Lipinski definition) is 5. The number of pyridine rings is 1. The molecule has 0 aliphatic rings. The maximum Gasteiger partial charge on any atom is 0.416 e. The second-order valence-corrected chi connectivity index (χ2v) is 7.81. The second-order valence-electron chi connectivity index (χ2n) is 5.12. The number of rotatable bonds is 3. The number of sulfonamides is 1. The molecule has 0 saturated heterocycles. The van der Waals surface area contributed by atoms with Crippen molar-refractivity contribution in [3.63, 3.8) is 0 Å². The molecule has 0 fully saturated rings. The number of primary sulfonamides is 1. The third-order valence-electron chi connectivity index (χ3n) is 3.37. The van der Waals surface area contributed by atoms with Crippen LogP contribution in [-0.2, 0) is 10.0 Å². The lowest BCUT2D eigenvalue weighted by molar-refractivity contribution is -0.609. The smallest absolute Gasteiger partial charge is 0.222 e. The van der Waals surface area contributed by atoms with Gasteiger partial charge in [-0.3, -0.25) is 0 Å². The fourth-order valence-electron chi connectivity index (χ4n) is 2.41. The van der Waals surface area contributed by atoms with Gasteiger partial charge in [0.05, 0.1) is 5.10 Å². The van der Waals surface area contributed by atoms with E-state index < -0.39 is 10.0 Å². The molecule has 23 heavy (non-hydrogen) atoms. The fraction of sp³-hybridized carbons (Fsp3) is 0.133. The quantitative estimate of drug-likeness (QED) is 0.731. The summed E-state index contributed by atoms with van der Waals surface area (Å²) in [6.45, 7) is 3.88. The van der Waals surface area contributed by atoms with Crippen molar-refractivity contribution >= 4 is 21.4 Å². The Kier molecular flexibility index (Phi) is 3.97. The summed E-state index contributed by atoms with van der Waals surface area (Å²) in [5.74, 6) is 0. The van der Waals surface area contributed by atoms with Crippen LogP contribution in [0.15, 0.2) is 46.8 Å². The van der Waals surface area contributed by atoms with Gasteiger partial charge in [-0.1, -0.05) is 30.3 Å². The highest BCUT2D eigenvalue weighted by molar-refractivity contribution is 7.91. The molecule has 2 aromatic heterocycles. The lowest BCUT2D eigenvalue weighted by Gasteiger charge is -2.07. The summed E-state index contributed by atoms with van der Waals surface area (Å²) < 4.78 is 24.4. The van der Waals surface area contributed by atoms with Gasteiger partial charge in [0.15, 0.2) is 0 Å². The predicted molar refractivity (Wildman–Crippen MR) is 87.7 cm³/mol. The van der Waals surface area contributed by atoms with Gasteiger partial charge in [0, 0.05) is 0 Å². The molecule has 0 amide bonds. The summed E-state index contributed by atoms with van der Waals surface area (Å²) in [6, 6.07) is 14.1. The molecular formula is C15H15N4O2S2+. The number of aryl methyl sites for hydroxylation is 2. The molecule has 0 radical (unpaired) electrons. The van der Waals surface area contributed by atoms with Gasteiger partial charge in [0.25, 0.3) is 14.4 Å². The predicted octanol–water partition coefficient (Wildman–Crippen LogP) is 1.75. The Balaban J connectivity index is 2.10. The van der Waals surface area contributed by atoms with Crippen molar-refractivity contribution in [1.29, 1.82) is 0 Å². The summed E-state index contributed by atoms with van der Waals surface area (Å²) >= 11 is 0.951. The van der Waals surface area contributed by atoms with Gasteiger partial charge in [-0.2, -0.15) is 4.57 Å². The van der Waals surface area contributed by atoms with Crippen molar-refractivity contribution in [2.45, 2.75) is 18.2 Å². The highest BCUT2D eigenvalue weighted by atomic mass is 32.2. The van der Waals surface area contributed by atoms with E-state index in [9.17, 15) is 8.42 Å². The van der Waals surface area contributed by atoms with Crippen LogP contribution in [0.4, 0.5) is 0 Å². The minimum Gasteiger partial charge on any atom is -0.222 e. The van der Waals surface area contributed by atoms with Crippen LogP contribution in [0.5, 0.6) is 0 Å². The highest BCUT2D eigenvalue weighted by Crippen LogP contribution is 2.21. The van der Waals surface area contributed by atoms with E-state index in [1.807, 2.05) is 60.9 Å². The Hall–Kier alpha value is -2.16. The standard InChI is InChI=1S/C15H15N4O2S2/c1-10-8-13(12-6-4-3-5-7-12)9-11(2)19(10)14-17-18-15(22-14)23(16,20)21/h3-9H,1-2H3,(H2,16,20,21)/q+1. The monoisotopic (exact) mass is 347 g/mol. The molecule has 0 unspecified atom stereocenters. The van der Waals surface area contributed by atoms with Gasteiger partial charge in [-0.05, 0) is 53.5 Å². The van der Waals surface area contributed by atoms with E-state index in [0.717, 1.165) is 33.9 Å². The molecule has 1 aromatic carbocycles. The van der Waals surface area contributed by atoms with Gasteiger partial charge < -0.3 is 0 Å². The fourth-order valence-corrected chi connectivity index (χ4v) is 3.95. The molecule has 0 aliphatic carbocycles. The largest absolute Gasteiger partial charge is 0.416 e. The van der Waals surface area contributed by atoms with Crippen molar-refractivity contribution in [2.75, 3.05) is 0 Å². The molecule has 0 saturated carbocycles. The van der Waals surface area contributed by atoms with E-state index in [1.165, 1.54) is 0 Å². The Morgan fingerprint density at radius 1 is 1.00 bits per heavy atom. The molecule has 0 bridgehead atoms. The van der Waals surface area contributed by atoms with Crippen molar-refractivity contribution in [3.8, 4) is 16.3 Å². The Morgan fingerprint density at radius 3 is 2.13 bits per heavy atom. The molecule has 0 spiro atoms. The van der Waals surface area contributed by atoms with Gasteiger partial charge in [-0.15, -0.1) is 0 Å². The minimum atomic E-state index is -3.84. The molecule has 8 heteroatoms. The van der Waals surface area contributed by atoms with Gasteiger partial charge >= 0.3 is 5.13 Å². The molecule has 3 rings (SSSR count). The lowest BCUT2D eigenvalue weighted by atomic mass is 10.0. The first-order chi connectivity index (χ1) is 10.9. The van der Waals surface area contributed by atoms with Crippen LogP contribution in [0.3, 0.4) is 0 Å². The van der Waals surface area contributed by atoms with Crippen LogP contribution in [0.25, 0.3) is 16.3 Å². The Labute approximate surface area is 138 Å². The zero-order valence-corrected chi connectivity index (χ0v) is 14.2. The van der Waals surface area contributed by atoms with Gasteiger partial charge in [0.2, 0.25) is 0 Å². The third kappa shape index (κ3) is 3.14. The summed E-state index contributed by atoms with van der Waals surface area (Å²) in [5.41, 5.74) is 4.07. The molecule has 3 aromatic rings. The van der Waals surface area contributed by atoms with E-state index in [1.54, 1.807) is 0 Å². The molecule has 0 aliphatic heterocycles. The first-order valence-corrected chi connectivity index (χ1v) is 9.18. The van der Waals surface area contributed by atoms with E-state index >= 15 is 0 Å². The van der Waals surface area contributed by atoms with Crippen LogP contribution in [0.2, 0.25) is 0 Å². The number of nitrogens with two attached hydrogens (primary N) is 1. The SMILES string of the molecule is Cc1cc(-c2ccccc2)cc(C)[n+]1-c1nnc(S(N)(=O)=O)s1. The van der Waals surface area contributed by atoms with Crippen molar-refractivity contribution in [2.24, 2.45) is 5.14 Å². The van der Waals surface area contributed by atoms with E-state index in [4.69, 9.17) is 5.14 Å². The maximum absolute atomic E-state index is 11.4. The van der Waals surface area contributed by atoms with E-state index in [2.05, 4.69) is 10.2 Å². The number of hydrogen-bond donors (Lipinski definition) is 1. The number of benzene rings is 1. The molecular weight excluding hydrogens is 332 g/mol. The number of aromatic nitrogens is 3. The minimum absolute atomic E-state index is 0.189. The van der Waals surface area contributed by atoms with Crippen LogP contribution in [-0.4, -0.2) is 18.6 Å². The summed E-state index contributed by atoms with van der Waals surface area (Å²) in [4.78, 5) is 0. The first-order valence-electron chi connectivity index (χ1n) is 6.81. The normalized spacial score (nSPS) is 11.6. The summed E-state index contributed by atoms with van der Waals surface area (Å²) in [7, 11) is -3.84. The second kappa shape index (κ2) is 5.80. The van der Waals surface area contributed by atoms with E-state index in [-0.39, 0.29) is 4.34 Å². The molecule has 2 N–H and O–H groups in total. The summed E-state index contributed by atoms with van der Waals surface area (Å²) in [5, 5.41) is 13.2. The van der Waals surface area contributed by atoms with Crippen molar-refractivity contribution in [1.82, 2.24) is 10.2 Å². The Morgan fingerprint density at radius 2 is 1.61 bits per heavy atom. The maximum atomic E-state index is 11.4. The average Bonchev–Trinajstić information content (AvgIpc) is 2.97. The number of nitrogens with zero attached hydrogens (tertiary/aromatic N) is 3. The molecule has 6 nitrogen and oxygen atoms in total. The molecule has 118 valence electrons. The highest BCUT2D eigenvalue weighted by Gasteiger charge is 2.25. The Bertz CT molecular complexity index is 943. The van der Waals surface area contributed by atoms with Crippen LogP contribution in [0, 0.1) is 13.8 Å². The first kappa shape index (κ1) is 15.7. The van der Waals surface area contributed by atoms with Crippen LogP contribution in [0.1, 0.15) is 11.4 Å². The topological polar surface area (TPSA) is 89.8 Å². The molecule has 2 heterocycles. The average molecular weight is 347 g/mol. The molecule has 0 atom stereocenters. The van der Waals surface area contributed by atoms with Gasteiger partial charge in [-0.25, -0.2) is 13.6 Å². The summed E-state index contributed by atoms with van der Waals surface area (Å²) in [6.07, 6.45) is 0. The van der Waals surface area contributed by atoms with E-state index in [0.29, 0.717) is 5.13 Å². The third-order valence-corrected chi connectivity index (χ3v) is 5.59. The van der Waals surface area contributed by atoms with Gasteiger partial charge in [0.1, 0.15) is 11.4 Å². The van der Waals surface area contributed by atoms with Crippen LogP contribution >= 0.6 is 11.3 Å². The van der Waals surface area contributed by atoms with Crippen LogP contribution < -0.4 is 9.71 Å². The lowest BCUT2D eigenvalue weighted by Crippen LogP contribution is -2.37. The zero-order valence-electron chi connectivity index (χ0n) is 12.6. The van der Waals surface area contributed by atoms with Crippen molar-refractivity contribution < 1.29 is 13.0 Å². The van der Waals surface area contributed by atoms with Crippen molar-refractivity contribution in [3.05, 3.63) is 53.9 Å². The zero-order chi connectivity index (χ0) is 16.6.